The normalized spacial score (nSPS) is 16.8. The maximum absolute atomic E-state index is 14.3. The molecule has 2 aliphatic heterocycles. The summed E-state index contributed by atoms with van der Waals surface area (Å²) in [6, 6.07) is 19.1. The van der Waals surface area contributed by atoms with Crippen LogP contribution in [-0.2, 0) is 16.7 Å². The van der Waals surface area contributed by atoms with Crippen molar-refractivity contribution in [3.63, 3.8) is 0 Å². The number of benzene rings is 3. The molecule has 2 heterocycles. The summed E-state index contributed by atoms with van der Waals surface area (Å²) >= 11 is 6.12. The van der Waals surface area contributed by atoms with E-state index >= 15 is 0 Å². The summed E-state index contributed by atoms with van der Waals surface area (Å²) in [5.74, 6) is -0.751. The minimum Gasteiger partial charge on any atom is -0.465 e. The van der Waals surface area contributed by atoms with Gasteiger partial charge >= 0.3 is 5.97 Å². The Balaban J connectivity index is 1.33. The molecule has 1 saturated heterocycles. The van der Waals surface area contributed by atoms with Gasteiger partial charge < -0.3 is 9.64 Å². The van der Waals surface area contributed by atoms with E-state index in [1.807, 2.05) is 12.1 Å². The Hall–Kier alpha value is -3.22. The molecule has 0 atom stereocenters. The van der Waals surface area contributed by atoms with Gasteiger partial charge in [-0.2, -0.15) is 0 Å². The second-order valence-electron chi connectivity index (χ2n) is 9.31. The SMILES string of the molecule is COC(=O)c1ccc(CN2CCC3(CC2)CN(C(=O)c2cccc(Cl)c2)c2ccc(F)cc23)cc1. The average Bonchev–Trinajstić information content (AvgIpc) is 3.18. The molecule has 0 N–H and O–H groups in total. The highest BCUT2D eigenvalue weighted by atomic mass is 35.5. The summed E-state index contributed by atoms with van der Waals surface area (Å²) < 4.78 is 19.1. The lowest BCUT2D eigenvalue weighted by Gasteiger charge is -2.40. The molecule has 0 bridgehead atoms. The number of anilines is 1. The van der Waals surface area contributed by atoms with E-state index in [0.717, 1.165) is 49.3 Å². The number of nitrogens with zero attached hydrogens (tertiary/aromatic N) is 2. The van der Waals surface area contributed by atoms with E-state index in [-0.39, 0.29) is 23.1 Å². The number of rotatable bonds is 4. The molecule has 35 heavy (non-hydrogen) atoms. The van der Waals surface area contributed by atoms with Crippen molar-refractivity contribution in [2.45, 2.75) is 24.8 Å². The quantitative estimate of drug-likeness (QED) is 0.454. The van der Waals surface area contributed by atoms with Gasteiger partial charge in [0.15, 0.2) is 0 Å². The number of esters is 1. The molecule has 5 nitrogen and oxygen atoms in total. The Morgan fingerprint density at radius 2 is 1.74 bits per heavy atom. The molecule has 1 fully saturated rings. The number of ether oxygens (including phenoxy) is 1. The molecule has 5 rings (SSSR count). The number of hydrogen-bond donors (Lipinski definition) is 0. The fourth-order valence-electron chi connectivity index (χ4n) is 5.29. The Morgan fingerprint density at radius 3 is 2.43 bits per heavy atom. The number of carbonyl (C=O) groups is 2. The van der Waals surface area contributed by atoms with Gasteiger partial charge in [-0.15, -0.1) is 0 Å². The second kappa shape index (κ2) is 9.44. The lowest BCUT2D eigenvalue weighted by atomic mass is 9.74. The molecular weight excluding hydrogens is 467 g/mol. The summed E-state index contributed by atoms with van der Waals surface area (Å²) in [4.78, 5) is 29.2. The van der Waals surface area contributed by atoms with Gasteiger partial charge in [0.1, 0.15) is 5.82 Å². The molecule has 3 aromatic rings. The molecule has 0 aromatic heterocycles. The van der Waals surface area contributed by atoms with Gasteiger partial charge in [0.05, 0.1) is 12.7 Å². The Morgan fingerprint density at radius 1 is 1.00 bits per heavy atom. The fourth-order valence-corrected chi connectivity index (χ4v) is 5.48. The van der Waals surface area contributed by atoms with Crippen molar-refractivity contribution >= 4 is 29.2 Å². The van der Waals surface area contributed by atoms with Crippen molar-refractivity contribution in [2.24, 2.45) is 0 Å². The average molecular weight is 493 g/mol. The Bertz CT molecular complexity index is 1270. The topological polar surface area (TPSA) is 49.9 Å². The van der Waals surface area contributed by atoms with E-state index < -0.39 is 0 Å². The third kappa shape index (κ3) is 4.56. The molecule has 0 radical (unpaired) electrons. The van der Waals surface area contributed by atoms with Gasteiger partial charge in [-0.1, -0.05) is 29.8 Å². The number of hydrogen-bond acceptors (Lipinski definition) is 4. The molecule has 2 aliphatic rings. The standard InChI is InChI=1S/C28H26ClFN2O3/c1-35-27(34)20-7-5-19(6-8-20)17-31-13-11-28(12-14-31)18-32(25-10-9-23(30)16-24(25)28)26(33)21-3-2-4-22(29)15-21/h2-10,15-16H,11-14,17-18H2,1H3. The monoisotopic (exact) mass is 492 g/mol. The second-order valence-corrected chi connectivity index (χ2v) is 9.74. The van der Waals surface area contributed by atoms with Gasteiger partial charge in [-0.25, -0.2) is 9.18 Å². The van der Waals surface area contributed by atoms with Crippen LogP contribution in [0.4, 0.5) is 10.1 Å². The zero-order valence-corrected chi connectivity index (χ0v) is 20.2. The van der Waals surface area contributed by atoms with Crippen molar-refractivity contribution < 1.29 is 18.7 Å². The molecule has 3 aromatic carbocycles. The van der Waals surface area contributed by atoms with Crippen LogP contribution in [0.2, 0.25) is 5.02 Å². The van der Waals surface area contributed by atoms with Crippen molar-refractivity contribution in [2.75, 3.05) is 31.6 Å². The van der Waals surface area contributed by atoms with Crippen molar-refractivity contribution in [3.8, 4) is 0 Å². The molecule has 1 amide bonds. The highest BCUT2D eigenvalue weighted by molar-refractivity contribution is 6.31. The highest BCUT2D eigenvalue weighted by Gasteiger charge is 2.46. The van der Waals surface area contributed by atoms with Crippen LogP contribution in [0.15, 0.2) is 66.7 Å². The van der Waals surface area contributed by atoms with Crippen LogP contribution in [-0.4, -0.2) is 43.5 Å². The number of fused-ring (bicyclic) bond motifs is 2. The smallest absolute Gasteiger partial charge is 0.337 e. The third-order valence-electron chi connectivity index (χ3n) is 7.19. The zero-order chi connectivity index (χ0) is 24.6. The van der Waals surface area contributed by atoms with Crippen LogP contribution >= 0.6 is 11.6 Å². The lowest BCUT2D eigenvalue weighted by Crippen LogP contribution is -2.45. The number of carbonyl (C=O) groups excluding carboxylic acids is 2. The molecule has 7 heteroatoms. The number of methoxy groups -OCH3 is 1. The van der Waals surface area contributed by atoms with Crippen molar-refractivity contribution in [1.82, 2.24) is 4.90 Å². The number of halogens is 2. The largest absolute Gasteiger partial charge is 0.465 e. The zero-order valence-electron chi connectivity index (χ0n) is 19.5. The van der Waals surface area contributed by atoms with Crippen LogP contribution in [0.1, 0.15) is 44.7 Å². The van der Waals surface area contributed by atoms with Crippen LogP contribution < -0.4 is 4.90 Å². The molecular formula is C28H26ClFN2O3. The summed E-state index contributed by atoms with van der Waals surface area (Å²) in [6.07, 6.45) is 1.64. The fraction of sp³-hybridized carbons (Fsp3) is 0.286. The summed E-state index contributed by atoms with van der Waals surface area (Å²) in [5, 5.41) is 0.511. The van der Waals surface area contributed by atoms with Gasteiger partial charge in [0.25, 0.3) is 5.91 Å². The van der Waals surface area contributed by atoms with Crippen LogP contribution in [0.3, 0.4) is 0 Å². The Labute approximate surface area is 209 Å². The van der Waals surface area contributed by atoms with Crippen molar-refractivity contribution in [3.05, 3.63) is 99.8 Å². The summed E-state index contributed by atoms with van der Waals surface area (Å²) in [5.41, 5.74) is 3.58. The highest BCUT2D eigenvalue weighted by Crippen LogP contribution is 2.48. The third-order valence-corrected chi connectivity index (χ3v) is 7.43. The van der Waals surface area contributed by atoms with E-state index in [1.54, 1.807) is 53.4 Å². The molecule has 180 valence electrons. The van der Waals surface area contributed by atoms with E-state index in [2.05, 4.69) is 4.90 Å². The van der Waals surface area contributed by atoms with E-state index in [1.165, 1.54) is 13.2 Å². The summed E-state index contributed by atoms with van der Waals surface area (Å²) in [6.45, 7) is 2.94. The first-order valence-corrected chi connectivity index (χ1v) is 12.0. The number of likely N-dealkylation sites (tertiary alicyclic amines) is 1. The van der Waals surface area contributed by atoms with Crippen LogP contribution in [0, 0.1) is 5.82 Å². The van der Waals surface area contributed by atoms with Gasteiger partial charge in [0.2, 0.25) is 0 Å². The maximum atomic E-state index is 14.3. The maximum Gasteiger partial charge on any atom is 0.337 e. The molecule has 0 aliphatic carbocycles. The molecule has 0 saturated carbocycles. The minimum absolute atomic E-state index is 0.120. The molecule has 1 spiro atoms. The first kappa shape index (κ1) is 23.5. The lowest BCUT2D eigenvalue weighted by molar-refractivity contribution is 0.0600. The van der Waals surface area contributed by atoms with Crippen LogP contribution in [0.25, 0.3) is 0 Å². The molecule has 0 unspecified atom stereocenters. The van der Waals surface area contributed by atoms with Gasteiger partial charge in [-0.05, 0) is 85.6 Å². The predicted octanol–water partition coefficient (Wildman–Crippen LogP) is 5.46. The van der Waals surface area contributed by atoms with Gasteiger partial charge in [-0.3, -0.25) is 9.69 Å². The number of amides is 1. The van der Waals surface area contributed by atoms with Crippen LogP contribution in [0.5, 0.6) is 0 Å². The predicted molar refractivity (Wildman–Crippen MR) is 133 cm³/mol. The van der Waals surface area contributed by atoms with E-state index in [9.17, 15) is 14.0 Å². The van der Waals surface area contributed by atoms with E-state index in [0.29, 0.717) is 22.7 Å². The minimum atomic E-state index is -0.347. The van der Waals surface area contributed by atoms with Crippen molar-refractivity contribution in [1.29, 1.82) is 0 Å². The summed E-state index contributed by atoms with van der Waals surface area (Å²) in [7, 11) is 1.37. The number of piperidine rings is 1. The van der Waals surface area contributed by atoms with E-state index in [4.69, 9.17) is 16.3 Å². The van der Waals surface area contributed by atoms with Gasteiger partial charge in [0, 0.05) is 34.8 Å². The first-order valence-electron chi connectivity index (χ1n) is 11.7. The first-order chi connectivity index (χ1) is 16.9. The Kier molecular flexibility index (Phi) is 6.34.